The fourth-order valence-electron chi connectivity index (χ4n) is 6.44. The number of nitrogens with zero attached hydrogens (tertiary/aromatic N) is 2. The Labute approximate surface area is 270 Å². The number of carbonyl (C=O) groups is 1. The molecule has 5 aromatic carbocycles. The number of benzene rings is 5. The number of carbonyl (C=O) groups excluding carboxylic acids is 1. The molecule has 7 heteroatoms. The molecule has 3 unspecified atom stereocenters. The minimum Gasteiger partial charge on any atom is -0.478 e. The van der Waals surface area contributed by atoms with Gasteiger partial charge in [0.15, 0.2) is 0 Å². The first kappa shape index (κ1) is 27.7. The molecule has 6 aromatic rings. The van der Waals surface area contributed by atoms with Crippen LogP contribution in [0.5, 0.6) is 17.4 Å². The number of hydrogen-bond donors (Lipinski definition) is 0. The Morgan fingerprint density at radius 1 is 0.778 bits per heavy atom. The van der Waals surface area contributed by atoms with Gasteiger partial charge in [-0.25, -0.2) is 4.98 Å². The van der Waals surface area contributed by atoms with Gasteiger partial charge >= 0.3 is 0 Å². The summed E-state index contributed by atoms with van der Waals surface area (Å²) < 4.78 is 13.1. The van der Waals surface area contributed by atoms with Crippen molar-refractivity contribution in [1.29, 1.82) is 0 Å². The largest absolute Gasteiger partial charge is 0.478 e. The third kappa shape index (κ3) is 4.82. The fraction of sp³-hybridized carbons (Fsp3) is 0.105. The van der Waals surface area contributed by atoms with Crippen LogP contribution in [0.3, 0.4) is 0 Å². The molecule has 45 heavy (non-hydrogen) atoms. The number of β-lactam (4-membered cyclic amide) rings is 1. The molecule has 3 atom stereocenters. The Bertz CT molecular complexity index is 2020. The summed E-state index contributed by atoms with van der Waals surface area (Å²) in [6.45, 7) is 0. The summed E-state index contributed by atoms with van der Waals surface area (Å²) in [6, 6.07) is 45.4. The van der Waals surface area contributed by atoms with Crippen molar-refractivity contribution < 1.29 is 14.3 Å². The van der Waals surface area contributed by atoms with Crippen LogP contribution in [-0.2, 0) is 10.3 Å². The number of thioether (sulfide) groups is 1. The van der Waals surface area contributed by atoms with E-state index in [1.54, 1.807) is 11.8 Å². The zero-order valence-electron chi connectivity index (χ0n) is 24.0. The number of amides is 1. The van der Waals surface area contributed by atoms with Gasteiger partial charge in [0.05, 0.1) is 11.2 Å². The third-order valence-corrected chi connectivity index (χ3v) is 10.1. The second-order valence-electron chi connectivity index (χ2n) is 11.2. The van der Waals surface area contributed by atoms with E-state index in [1.165, 1.54) is 0 Å². The van der Waals surface area contributed by atoms with Crippen LogP contribution in [0.4, 0.5) is 5.69 Å². The minimum absolute atomic E-state index is 0.0834. The molecule has 1 aromatic heterocycles. The Balaban J connectivity index is 1.34. The quantitative estimate of drug-likeness (QED) is 0.172. The normalized spacial score (nSPS) is 20.5. The van der Waals surface area contributed by atoms with E-state index in [2.05, 4.69) is 18.2 Å². The van der Waals surface area contributed by atoms with E-state index in [-0.39, 0.29) is 11.2 Å². The summed E-state index contributed by atoms with van der Waals surface area (Å²) in [4.78, 5) is 22.2. The van der Waals surface area contributed by atoms with Gasteiger partial charge in [-0.15, -0.1) is 11.8 Å². The molecule has 0 bridgehead atoms. The lowest BCUT2D eigenvalue weighted by atomic mass is 9.70. The molecule has 0 saturated carbocycles. The van der Waals surface area contributed by atoms with Crippen molar-refractivity contribution in [3.63, 3.8) is 0 Å². The van der Waals surface area contributed by atoms with E-state index in [1.807, 2.05) is 126 Å². The van der Waals surface area contributed by atoms with Crippen molar-refractivity contribution >= 4 is 45.9 Å². The molecule has 0 spiro atoms. The molecule has 0 aliphatic carbocycles. The Kier molecular flexibility index (Phi) is 6.96. The average molecular weight is 627 g/mol. The van der Waals surface area contributed by atoms with Crippen molar-refractivity contribution in [1.82, 2.24) is 4.98 Å². The predicted molar refractivity (Wildman–Crippen MR) is 179 cm³/mol. The number of fused-ring (bicyclic) bond motifs is 4. The molecule has 5 nitrogen and oxygen atoms in total. The van der Waals surface area contributed by atoms with Crippen LogP contribution < -0.4 is 14.4 Å². The standard InChI is InChI=1S/C38H27ClN2O3S/c39-27-21-19-26(20-22-27)38-24-34(30-23-25-11-7-8-16-31(25)40-36(30)44-29-14-5-2-6-15-29)45-33-18-10-9-17-32(33)41(38)37(42)35(38)43-28-12-3-1-4-13-28/h1-23,34-35H,24H2. The van der Waals surface area contributed by atoms with Crippen LogP contribution in [0.2, 0.25) is 5.02 Å². The van der Waals surface area contributed by atoms with Gasteiger partial charge in [-0.05, 0) is 72.6 Å². The number of hydrogen-bond acceptors (Lipinski definition) is 5. The van der Waals surface area contributed by atoms with Crippen molar-refractivity contribution in [2.75, 3.05) is 4.90 Å². The first-order valence-corrected chi connectivity index (χ1v) is 16.1. The van der Waals surface area contributed by atoms with Crippen molar-refractivity contribution in [3.05, 3.63) is 156 Å². The number of ether oxygens (including phenoxy) is 2. The summed E-state index contributed by atoms with van der Waals surface area (Å²) in [6.07, 6.45) is -0.218. The second-order valence-corrected chi connectivity index (χ2v) is 12.9. The zero-order chi connectivity index (χ0) is 30.4. The Morgan fingerprint density at radius 2 is 1.44 bits per heavy atom. The zero-order valence-corrected chi connectivity index (χ0v) is 25.6. The molecule has 1 fully saturated rings. The van der Waals surface area contributed by atoms with Gasteiger partial charge in [0.2, 0.25) is 12.0 Å². The number of pyridine rings is 1. The van der Waals surface area contributed by atoms with Crippen LogP contribution in [0.25, 0.3) is 10.9 Å². The van der Waals surface area contributed by atoms with E-state index in [9.17, 15) is 4.79 Å². The highest BCUT2D eigenvalue weighted by atomic mass is 35.5. The smallest absolute Gasteiger partial charge is 0.271 e. The maximum Gasteiger partial charge on any atom is 0.271 e. The van der Waals surface area contributed by atoms with Crippen molar-refractivity contribution in [3.8, 4) is 17.4 Å². The highest BCUT2D eigenvalue weighted by Gasteiger charge is 2.65. The van der Waals surface area contributed by atoms with Crippen LogP contribution in [-0.4, -0.2) is 17.0 Å². The van der Waals surface area contributed by atoms with Crippen LogP contribution in [0.1, 0.15) is 22.8 Å². The van der Waals surface area contributed by atoms with Crippen molar-refractivity contribution in [2.24, 2.45) is 0 Å². The van der Waals surface area contributed by atoms with Crippen LogP contribution in [0.15, 0.2) is 144 Å². The van der Waals surface area contributed by atoms with Crippen LogP contribution >= 0.6 is 23.4 Å². The van der Waals surface area contributed by atoms with E-state index in [0.717, 1.165) is 32.6 Å². The number of para-hydroxylation sites is 4. The number of aromatic nitrogens is 1. The molecule has 1 saturated heterocycles. The van der Waals surface area contributed by atoms with Gasteiger partial charge in [0.25, 0.3) is 5.91 Å². The molecule has 8 rings (SSSR count). The summed E-state index contributed by atoms with van der Waals surface area (Å²) in [5.74, 6) is 1.81. The van der Waals surface area contributed by atoms with Gasteiger partial charge in [-0.3, -0.25) is 9.69 Å². The lowest BCUT2D eigenvalue weighted by Crippen LogP contribution is -2.74. The highest BCUT2D eigenvalue weighted by molar-refractivity contribution is 7.99. The Morgan fingerprint density at radius 3 is 2.22 bits per heavy atom. The molecule has 2 aliphatic heterocycles. The first-order chi connectivity index (χ1) is 22.1. The number of halogens is 1. The van der Waals surface area contributed by atoms with E-state index in [0.29, 0.717) is 28.8 Å². The van der Waals surface area contributed by atoms with Gasteiger partial charge in [-0.2, -0.15) is 0 Å². The summed E-state index contributed by atoms with van der Waals surface area (Å²) in [5.41, 5.74) is 2.78. The number of anilines is 1. The third-order valence-electron chi connectivity index (χ3n) is 8.51. The molecular formula is C38H27ClN2O3S. The molecule has 0 radical (unpaired) electrons. The minimum atomic E-state index is -0.836. The molecule has 1 amide bonds. The van der Waals surface area contributed by atoms with Gasteiger partial charge < -0.3 is 9.47 Å². The fourth-order valence-corrected chi connectivity index (χ4v) is 7.94. The summed E-state index contributed by atoms with van der Waals surface area (Å²) >= 11 is 8.12. The van der Waals surface area contributed by atoms with Crippen molar-refractivity contribution in [2.45, 2.75) is 28.2 Å². The SMILES string of the molecule is O=C1C(Oc2ccccc2)C2(c3ccc(Cl)cc3)CC(c3cc4ccccc4nc3Oc3ccccc3)Sc3ccccc3N12. The monoisotopic (exact) mass is 626 g/mol. The van der Waals surface area contributed by atoms with E-state index < -0.39 is 11.6 Å². The molecule has 220 valence electrons. The topological polar surface area (TPSA) is 51.7 Å². The predicted octanol–water partition coefficient (Wildman–Crippen LogP) is 9.61. The highest BCUT2D eigenvalue weighted by Crippen LogP contribution is 2.60. The van der Waals surface area contributed by atoms with Gasteiger partial charge in [0, 0.05) is 26.1 Å². The lowest BCUT2D eigenvalue weighted by molar-refractivity contribution is -0.142. The number of rotatable bonds is 6. The average Bonchev–Trinajstić information content (AvgIpc) is 3.21. The maximum atomic E-state index is 14.2. The van der Waals surface area contributed by atoms with Crippen LogP contribution in [0, 0.1) is 0 Å². The molecule has 0 N–H and O–H groups in total. The van der Waals surface area contributed by atoms with E-state index in [4.69, 9.17) is 26.1 Å². The van der Waals surface area contributed by atoms with E-state index >= 15 is 0 Å². The lowest BCUT2D eigenvalue weighted by Gasteiger charge is -2.57. The molecular weight excluding hydrogens is 600 g/mol. The van der Waals surface area contributed by atoms with Gasteiger partial charge in [0.1, 0.15) is 17.0 Å². The molecule has 3 heterocycles. The molecule has 2 aliphatic rings. The summed E-state index contributed by atoms with van der Waals surface area (Å²) in [7, 11) is 0. The van der Waals surface area contributed by atoms with Gasteiger partial charge in [-0.1, -0.05) is 90.5 Å². The Hall–Kier alpha value is -4.78. The maximum absolute atomic E-state index is 14.2. The second kappa shape index (κ2) is 11.3. The first-order valence-electron chi connectivity index (χ1n) is 14.8. The summed E-state index contributed by atoms with van der Waals surface area (Å²) in [5, 5.41) is 1.49.